The Labute approximate surface area is 367 Å². The normalized spacial score (nSPS) is 11.2. The van der Waals surface area contributed by atoms with Gasteiger partial charge in [0.05, 0.1) is 67.2 Å². The highest BCUT2D eigenvalue weighted by Gasteiger charge is 2.23. The summed E-state index contributed by atoms with van der Waals surface area (Å²) in [5.74, 6) is 1.84. The van der Waals surface area contributed by atoms with E-state index in [0.717, 1.165) is 43.6 Å². The van der Waals surface area contributed by atoms with Gasteiger partial charge in [0, 0.05) is 75.7 Å². The van der Waals surface area contributed by atoms with E-state index in [2.05, 4.69) is 19.9 Å². The summed E-state index contributed by atoms with van der Waals surface area (Å²) in [5.41, 5.74) is 18.0. The number of methoxy groups -OCH3 is 3. The van der Waals surface area contributed by atoms with Gasteiger partial charge in [0.1, 0.15) is 34.8 Å². The first kappa shape index (κ1) is 44.2. The number of hydrogen-bond acceptors (Lipinski definition) is 14. The van der Waals surface area contributed by atoms with Crippen molar-refractivity contribution in [2.45, 2.75) is 53.1 Å². The largest absolute Gasteiger partial charge is 0.494 e. The average molecular weight is 866 g/mol. The zero-order valence-electron chi connectivity index (χ0n) is 36.3. The first-order chi connectivity index (χ1) is 30.8. The number of aromatic nitrogens is 4. The first-order valence-electron chi connectivity index (χ1n) is 20.2. The van der Waals surface area contributed by atoms with Crippen LogP contribution in [0, 0.1) is 11.3 Å². The van der Waals surface area contributed by atoms with Crippen LogP contribution in [0.1, 0.15) is 65.4 Å². The highest BCUT2D eigenvalue weighted by Crippen LogP contribution is 2.37. The number of esters is 2. The van der Waals surface area contributed by atoms with Crippen LogP contribution in [0.5, 0.6) is 28.7 Å². The zero-order chi connectivity index (χ0) is 45.7. The molecule has 8 aromatic rings. The molecule has 0 atom stereocenters. The molecule has 4 aromatic heterocycles. The van der Waals surface area contributed by atoms with Crippen LogP contribution in [0.3, 0.4) is 0 Å². The van der Waals surface area contributed by atoms with Crippen LogP contribution in [0.15, 0.2) is 85.2 Å². The lowest BCUT2D eigenvalue weighted by molar-refractivity contribution is 0.0356. The number of H-pyrrole nitrogens is 2. The number of benzene rings is 4. The Morgan fingerprint density at radius 1 is 0.625 bits per heavy atom. The Kier molecular flexibility index (Phi) is 13.1. The number of hydrogen-bond donors (Lipinski definition) is 4. The molecular formula is C48H47N7O9. The summed E-state index contributed by atoms with van der Waals surface area (Å²) in [4.78, 5) is 40.6. The van der Waals surface area contributed by atoms with Crippen LogP contribution in [-0.2, 0) is 32.2 Å². The van der Waals surface area contributed by atoms with Crippen molar-refractivity contribution in [1.82, 2.24) is 19.9 Å². The molecule has 0 radical (unpaired) electrons. The van der Waals surface area contributed by atoms with Crippen LogP contribution in [0.4, 0.5) is 11.4 Å². The molecule has 0 fully saturated rings. The Balaban J connectivity index is 0.000000191. The topological polar surface area (TPSA) is 232 Å². The van der Waals surface area contributed by atoms with E-state index in [1.165, 1.54) is 0 Å². The molecular weight excluding hydrogens is 819 g/mol. The molecule has 0 unspecified atom stereocenters. The molecule has 4 heterocycles. The number of aromatic amines is 2. The molecule has 16 heteroatoms. The highest BCUT2D eigenvalue weighted by atomic mass is 16.5. The van der Waals surface area contributed by atoms with E-state index in [0.29, 0.717) is 56.8 Å². The van der Waals surface area contributed by atoms with Crippen molar-refractivity contribution >= 4 is 66.9 Å². The van der Waals surface area contributed by atoms with Crippen molar-refractivity contribution in [1.29, 1.82) is 5.26 Å². The van der Waals surface area contributed by atoms with E-state index < -0.39 is 11.9 Å². The summed E-state index contributed by atoms with van der Waals surface area (Å²) in [6.45, 7) is 7.57. The number of pyridine rings is 2. The van der Waals surface area contributed by atoms with Crippen LogP contribution < -0.4 is 25.7 Å². The van der Waals surface area contributed by atoms with Gasteiger partial charge in [0.15, 0.2) is 11.4 Å². The van der Waals surface area contributed by atoms with Gasteiger partial charge in [-0.1, -0.05) is 0 Å². The molecule has 8 rings (SSSR count). The van der Waals surface area contributed by atoms with E-state index in [4.69, 9.17) is 44.6 Å². The highest BCUT2D eigenvalue weighted by molar-refractivity contribution is 6.12. The molecule has 0 aliphatic carbocycles. The number of fused-ring (bicyclic) bond motifs is 6. The molecule has 0 bridgehead atoms. The molecule has 0 aliphatic heterocycles. The predicted octanol–water partition coefficient (Wildman–Crippen LogP) is 9.48. The fourth-order valence-corrected chi connectivity index (χ4v) is 7.19. The quantitative estimate of drug-likeness (QED) is 0.0625. The average Bonchev–Trinajstić information content (AvgIpc) is 3.83. The van der Waals surface area contributed by atoms with Crippen LogP contribution >= 0.6 is 0 Å². The fraction of sp³-hybridized carbons (Fsp3) is 0.229. The van der Waals surface area contributed by atoms with Gasteiger partial charge >= 0.3 is 11.9 Å². The van der Waals surface area contributed by atoms with Gasteiger partial charge in [-0.3, -0.25) is 0 Å². The Bertz CT molecular complexity index is 3080. The number of nitriles is 1. The molecule has 0 aliphatic rings. The van der Waals surface area contributed by atoms with Crippen LogP contribution in [0.2, 0.25) is 0 Å². The van der Waals surface area contributed by atoms with Gasteiger partial charge < -0.3 is 54.6 Å². The lowest BCUT2D eigenvalue weighted by Gasteiger charge is -2.12. The van der Waals surface area contributed by atoms with Gasteiger partial charge in [-0.05, 0) is 88.4 Å². The van der Waals surface area contributed by atoms with E-state index in [1.807, 2.05) is 42.5 Å². The van der Waals surface area contributed by atoms with Gasteiger partial charge in [-0.15, -0.1) is 0 Å². The third kappa shape index (κ3) is 9.31. The third-order valence-corrected chi connectivity index (χ3v) is 9.89. The predicted molar refractivity (Wildman–Crippen MR) is 243 cm³/mol. The summed E-state index contributed by atoms with van der Waals surface area (Å²) < 4.78 is 38.8. The van der Waals surface area contributed by atoms with E-state index in [1.54, 1.807) is 97.8 Å². The van der Waals surface area contributed by atoms with E-state index in [-0.39, 0.29) is 36.8 Å². The zero-order valence-corrected chi connectivity index (χ0v) is 36.3. The molecule has 0 spiro atoms. The maximum atomic E-state index is 12.7. The second-order valence-electron chi connectivity index (χ2n) is 15.2. The number of nitrogens with one attached hydrogen (secondary N) is 2. The van der Waals surface area contributed by atoms with Crippen molar-refractivity contribution < 1.29 is 42.7 Å². The van der Waals surface area contributed by atoms with Crippen molar-refractivity contribution in [3.8, 4) is 34.8 Å². The van der Waals surface area contributed by atoms with E-state index in [9.17, 15) is 14.9 Å². The standard InChI is InChI=1S/C24H22N4O4.C24H25N3O5/c1-13(2)31-24(29)23-18(12-30-3)22-17-9-16(5-7-20(17)28-21(22)11-27-23)32-15-4-6-19(26)14(8-15)10-25;1-13(2)31-24(28)23-17(12-29-3)22-16-9-14(6-8-19(16)27-20(22)11-26-23)32-15-5-7-18(25)21(10-15)30-4/h4-9,11,13,28H,12,26H2,1-3H3;5-11,13,27H,12,25H2,1-4H3. The van der Waals surface area contributed by atoms with Crippen molar-refractivity contribution in [2.75, 3.05) is 32.8 Å². The summed E-state index contributed by atoms with van der Waals surface area (Å²) in [6, 6.07) is 23.5. The van der Waals surface area contributed by atoms with Crippen molar-refractivity contribution in [3.05, 3.63) is 113 Å². The molecule has 0 saturated heterocycles. The van der Waals surface area contributed by atoms with Gasteiger partial charge in [-0.25, -0.2) is 19.6 Å². The molecule has 64 heavy (non-hydrogen) atoms. The minimum Gasteiger partial charge on any atom is -0.494 e. The molecule has 4 aromatic carbocycles. The third-order valence-electron chi connectivity index (χ3n) is 9.89. The molecule has 16 nitrogen and oxygen atoms in total. The lowest BCUT2D eigenvalue weighted by atomic mass is 10.1. The monoisotopic (exact) mass is 865 g/mol. The number of nitrogen functional groups attached to an aromatic ring is 2. The molecule has 0 saturated carbocycles. The number of nitrogens with two attached hydrogens (primary N) is 2. The number of anilines is 2. The fourth-order valence-electron chi connectivity index (χ4n) is 7.19. The maximum Gasteiger partial charge on any atom is 0.357 e. The molecule has 6 N–H and O–H groups in total. The number of carbonyl (C=O) groups is 2. The summed E-state index contributed by atoms with van der Waals surface area (Å²) >= 11 is 0. The second-order valence-corrected chi connectivity index (χ2v) is 15.2. The Morgan fingerprint density at radius 3 is 1.50 bits per heavy atom. The molecule has 0 amide bonds. The van der Waals surface area contributed by atoms with Gasteiger partial charge in [0.2, 0.25) is 0 Å². The summed E-state index contributed by atoms with van der Waals surface area (Å²) in [6.07, 6.45) is 2.73. The van der Waals surface area contributed by atoms with Crippen LogP contribution in [0.25, 0.3) is 43.6 Å². The smallest absolute Gasteiger partial charge is 0.357 e. The second kappa shape index (κ2) is 19.0. The Hall–Kier alpha value is -7.87. The molecule has 328 valence electrons. The van der Waals surface area contributed by atoms with Crippen molar-refractivity contribution in [2.24, 2.45) is 0 Å². The van der Waals surface area contributed by atoms with Gasteiger partial charge in [0.25, 0.3) is 0 Å². The SMILES string of the molecule is COCc1c(C(=O)OC(C)C)ncc2[nH]c3ccc(Oc4ccc(N)c(C#N)c4)cc3c12.COCc1c(C(=O)OC(C)C)ncc2[nH]c3ccc(Oc4ccc(N)c(OC)c4)cc3c12. The number of rotatable bonds is 13. The number of nitrogens with zero attached hydrogens (tertiary/aromatic N) is 3. The summed E-state index contributed by atoms with van der Waals surface area (Å²) in [7, 11) is 4.70. The number of carbonyl (C=O) groups excluding carboxylic acids is 2. The van der Waals surface area contributed by atoms with Gasteiger partial charge in [-0.2, -0.15) is 5.26 Å². The van der Waals surface area contributed by atoms with Crippen molar-refractivity contribution in [3.63, 3.8) is 0 Å². The first-order valence-corrected chi connectivity index (χ1v) is 20.2. The minimum atomic E-state index is -0.499. The number of ether oxygens (including phenoxy) is 7. The maximum absolute atomic E-state index is 12.7. The minimum absolute atomic E-state index is 0.189. The Morgan fingerprint density at radius 2 is 1.06 bits per heavy atom. The van der Waals surface area contributed by atoms with E-state index >= 15 is 0 Å². The lowest BCUT2D eigenvalue weighted by Crippen LogP contribution is -2.15. The summed E-state index contributed by atoms with van der Waals surface area (Å²) in [5, 5.41) is 12.6. The van der Waals surface area contributed by atoms with Crippen LogP contribution in [-0.4, -0.2) is 65.4 Å².